The lowest BCUT2D eigenvalue weighted by Crippen LogP contribution is -2.31. The van der Waals surface area contributed by atoms with Crippen LogP contribution in [0.25, 0.3) is 0 Å². The van der Waals surface area contributed by atoms with E-state index in [0.717, 1.165) is 27.0 Å². The van der Waals surface area contributed by atoms with E-state index in [1.54, 1.807) is 4.68 Å². The maximum Gasteiger partial charge on any atom is 0.255 e. The van der Waals surface area contributed by atoms with Crippen LogP contribution in [0, 0.1) is 6.92 Å². The zero-order valence-corrected chi connectivity index (χ0v) is 16.5. The summed E-state index contributed by atoms with van der Waals surface area (Å²) < 4.78 is 2.65. The molecule has 3 aromatic rings. The van der Waals surface area contributed by atoms with Crippen LogP contribution >= 0.6 is 15.9 Å². The number of amides is 1. The number of carbonyl (C=O) groups is 1. The lowest BCUT2D eigenvalue weighted by Gasteiger charge is -2.29. The number of hydrogen-bond donors (Lipinski definition) is 2. The number of carbonyl (C=O) groups excluding carboxylic acids is 1. The van der Waals surface area contributed by atoms with Crippen molar-refractivity contribution < 1.29 is 4.79 Å². The van der Waals surface area contributed by atoms with Crippen molar-refractivity contribution in [3.8, 4) is 0 Å². The fraction of sp³-hybridized carbons (Fsp3) is 0.150. The van der Waals surface area contributed by atoms with Gasteiger partial charge in [-0.1, -0.05) is 52.3 Å². The third-order valence-corrected chi connectivity index (χ3v) is 5.35. The summed E-state index contributed by atoms with van der Waals surface area (Å²) in [5, 5.41) is 10.6. The molecule has 27 heavy (non-hydrogen) atoms. The summed E-state index contributed by atoms with van der Waals surface area (Å²) in [6.45, 7) is 3.85. The number of halogens is 1. The Balaban J connectivity index is 1.80. The Morgan fingerprint density at radius 2 is 1.89 bits per heavy atom. The van der Waals surface area contributed by atoms with Crippen LogP contribution in [0.5, 0.6) is 0 Å². The van der Waals surface area contributed by atoms with Crippen LogP contribution in [0.1, 0.15) is 24.1 Å². The molecule has 6 nitrogen and oxygen atoms in total. The average Bonchev–Trinajstić information content (AvgIpc) is 3.11. The minimum atomic E-state index is -0.386. The van der Waals surface area contributed by atoms with E-state index < -0.39 is 0 Å². The van der Waals surface area contributed by atoms with E-state index in [9.17, 15) is 4.79 Å². The van der Waals surface area contributed by atoms with Gasteiger partial charge in [-0.3, -0.25) is 4.79 Å². The first-order valence-corrected chi connectivity index (χ1v) is 9.34. The first kappa shape index (κ1) is 17.5. The van der Waals surface area contributed by atoms with Gasteiger partial charge >= 0.3 is 0 Å². The van der Waals surface area contributed by atoms with Crippen molar-refractivity contribution in [2.75, 3.05) is 10.6 Å². The number of nitrogens with zero attached hydrogens (tertiary/aromatic N) is 3. The molecule has 1 aliphatic heterocycles. The highest BCUT2D eigenvalue weighted by molar-refractivity contribution is 9.10. The minimum absolute atomic E-state index is 0.170. The number of para-hydroxylation sites is 1. The molecule has 2 N–H and O–H groups in total. The fourth-order valence-electron chi connectivity index (χ4n) is 3.27. The van der Waals surface area contributed by atoms with Gasteiger partial charge in [-0.15, -0.1) is 0 Å². The molecule has 0 radical (unpaired) electrons. The van der Waals surface area contributed by atoms with E-state index in [1.165, 1.54) is 6.33 Å². The van der Waals surface area contributed by atoms with E-state index in [4.69, 9.17) is 0 Å². The first-order valence-electron chi connectivity index (χ1n) is 8.55. The van der Waals surface area contributed by atoms with Gasteiger partial charge in [0.2, 0.25) is 5.95 Å². The van der Waals surface area contributed by atoms with Gasteiger partial charge in [0.15, 0.2) is 0 Å². The molecule has 0 bridgehead atoms. The Morgan fingerprint density at radius 1 is 1.15 bits per heavy atom. The smallest absolute Gasteiger partial charge is 0.255 e. The summed E-state index contributed by atoms with van der Waals surface area (Å²) in [6, 6.07) is 15.2. The fourth-order valence-corrected chi connectivity index (χ4v) is 3.77. The summed E-state index contributed by atoms with van der Waals surface area (Å²) in [5.41, 5.74) is 4.09. The SMILES string of the molecule is CC1=C(C(=O)Nc2ccccc2C)[C@H](c2ccccc2Br)n2ncnc2N1. The number of rotatable bonds is 3. The van der Waals surface area contributed by atoms with Crippen molar-refractivity contribution in [1.29, 1.82) is 0 Å². The molecular formula is C20H18BrN5O. The van der Waals surface area contributed by atoms with Gasteiger partial charge in [-0.25, -0.2) is 4.68 Å². The second-order valence-electron chi connectivity index (χ2n) is 6.38. The molecule has 2 heterocycles. The quantitative estimate of drug-likeness (QED) is 0.659. The molecule has 4 rings (SSSR count). The summed E-state index contributed by atoms with van der Waals surface area (Å²) in [6.07, 6.45) is 1.49. The lowest BCUT2D eigenvalue weighted by atomic mass is 9.95. The Bertz CT molecular complexity index is 1060. The number of nitrogens with one attached hydrogen (secondary N) is 2. The van der Waals surface area contributed by atoms with Crippen LogP contribution in [0.4, 0.5) is 11.6 Å². The van der Waals surface area contributed by atoms with Crippen LogP contribution in [-0.2, 0) is 4.79 Å². The predicted molar refractivity (Wildman–Crippen MR) is 108 cm³/mol. The molecule has 1 atom stereocenters. The maximum atomic E-state index is 13.3. The predicted octanol–water partition coefficient (Wildman–Crippen LogP) is 4.28. The highest BCUT2D eigenvalue weighted by Gasteiger charge is 2.34. The van der Waals surface area contributed by atoms with Crippen LogP contribution in [-0.4, -0.2) is 20.7 Å². The first-order chi connectivity index (χ1) is 13.1. The lowest BCUT2D eigenvalue weighted by molar-refractivity contribution is -0.113. The van der Waals surface area contributed by atoms with E-state index in [0.29, 0.717) is 11.5 Å². The van der Waals surface area contributed by atoms with Crippen molar-refractivity contribution in [2.24, 2.45) is 0 Å². The van der Waals surface area contributed by atoms with Gasteiger partial charge in [0.1, 0.15) is 12.4 Å². The molecule has 0 aliphatic carbocycles. The number of aryl methyl sites for hydroxylation is 1. The summed E-state index contributed by atoms with van der Waals surface area (Å²) in [5.74, 6) is 0.442. The van der Waals surface area contributed by atoms with Gasteiger partial charge in [0.05, 0.1) is 5.57 Å². The van der Waals surface area contributed by atoms with Crippen LogP contribution in [0.15, 0.2) is 70.6 Å². The number of hydrogen-bond acceptors (Lipinski definition) is 4. The monoisotopic (exact) mass is 423 g/mol. The molecule has 136 valence electrons. The van der Waals surface area contributed by atoms with E-state index in [-0.39, 0.29) is 11.9 Å². The third-order valence-electron chi connectivity index (χ3n) is 4.63. The van der Waals surface area contributed by atoms with Crippen molar-refractivity contribution in [3.63, 3.8) is 0 Å². The molecule has 0 saturated carbocycles. The Labute approximate surface area is 165 Å². The summed E-state index contributed by atoms with van der Waals surface area (Å²) in [7, 11) is 0. The molecule has 1 aliphatic rings. The van der Waals surface area contributed by atoms with Gasteiger partial charge < -0.3 is 10.6 Å². The zero-order chi connectivity index (χ0) is 19.0. The van der Waals surface area contributed by atoms with Crippen molar-refractivity contribution >= 4 is 33.5 Å². The Morgan fingerprint density at radius 3 is 2.67 bits per heavy atom. The van der Waals surface area contributed by atoms with Crippen molar-refractivity contribution in [2.45, 2.75) is 19.9 Å². The van der Waals surface area contributed by atoms with Crippen molar-refractivity contribution in [1.82, 2.24) is 14.8 Å². The molecular weight excluding hydrogens is 406 g/mol. The summed E-state index contributed by atoms with van der Waals surface area (Å²) in [4.78, 5) is 17.5. The standard InChI is InChI=1S/C20H18BrN5O/c1-12-7-3-6-10-16(12)25-19(27)17-13(2)24-20-22-11-23-26(20)18(17)14-8-4-5-9-15(14)21/h3-11,18H,1-2H3,(H,25,27)(H,22,23,24)/t18-/m0/s1. The number of anilines is 2. The van der Waals surface area contributed by atoms with E-state index in [2.05, 4.69) is 36.6 Å². The minimum Gasteiger partial charge on any atom is -0.328 e. The molecule has 1 aromatic heterocycles. The molecule has 0 saturated heterocycles. The zero-order valence-electron chi connectivity index (χ0n) is 14.9. The normalized spacial score (nSPS) is 15.9. The van der Waals surface area contributed by atoms with Crippen molar-refractivity contribution in [3.05, 3.63) is 81.7 Å². The summed E-state index contributed by atoms with van der Waals surface area (Å²) >= 11 is 3.61. The topological polar surface area (TPSA) is 71.8 Å². The van der Waals surface area contributed by atoms with Gasteiger partial charge in [-0.05, 0) is 37.1 Å². The number of benzene rings is 2. The van der Waals surface area contributed by atoms with Gasteiger partial charge in [0, 0.05) is 15.9 Å². The van der Waals surface area contributed by atoms with Gasteiger partial charge in [0.25, 0.3) is 5.91 Å². The Hall–Kier alpha value is -2.93. The molecule has 0 spiro atoms. The van der Waals surface area contributed by atoms with Crippen LogP contribution < -0.4 is 10.6 Å². The largest absolute Gasteiger partial charge is 0.328 e. The second kappa shape index (κ2) is 7.00. The van der Waals surface area contributed by atoms with E-state index >= 15 is 0 Å². The molecule has 0 fully saturated rings. The molecule has 2 aromatic carbocycles. The van der Waals surface area contributed by atoms with Gasteiger partial charge in [-0.2, -0.15) is 10.1 Å². The molecule has 7 heteroatoms. The highest BCUT2D eigenvalue weighted by atomic mass is 79.9. The Kier molecular flexibility index (Phi) is 4.53. The second-order valence-corrected chi connectivity index (χ2v) is 7.24. The van der Waals surface area contributed by atoms with Crippen LogP contribution in [0.3, 0.4) is 0 Å². The molecule has 1 amide bonds. The average molecular weight is 424 g/mol. The number of fused-ring (bicyclic) bond motifs is 1. The third kappa shape index (κ3) is 3.14. The van der Waals surface area contributed by atoms with E-state index in [1.807, 2.05) is 62.4 Å². The maximum absolute atomic E-state index is 13.3. The highest BCUT2D eigenvalue weighted by Crippen LogP contribution is 2.38. The number of aromatic nitrogens is 3. The number of allylic oxidation sites excluding steroid dienone is 1. The molecule has 0 unspecified atom stereocenters. The van der Waals surface area contributed by atoms with Crippen LogP contribution in [0.2, 0.25) is 0 Å².